The molecule has 0 bridgehead atoms. The molecule has 0 radical (unpaired) electrons. The Hall–Kier alpha value is -1.62. The number of hydrogen-bond donors (Lipinski definition) is 24. The fraction of sp³-hybridized carbons (Fsp3) is 0.953. The summed E-state index contributed by atoms with van der Waals surface area (Å²) in [4.78, 5) is 0. The average molecular weight is 1130 g/mol. The van der Waals surface area contributed by atoms with Crippen LogP contribution >= 0.6 is 0 Å². The summed E-state index contributed by atoms with van der Waals surface area (Å²) >= 11 is 0. The quantitative estimate of drug-likeness (QED) is 0.0677. The van der Waals surface area contributed by atoms with Crippen molar-refractivity contribution < 1.29 is 160 Å². The summed E-state index contributed by atoms with van der Waals surface area (Å²) in [5.74, 6) is 0. The van der Waals surface area contributed by atoms with Crippen LogP contribution in [0.1, 0.15) is 13.8 Å². The summed E-state index contributed by atoms with van der Waals surface area (Å²) in [6.45, 7) is -0.696. The van der Waals surface area contributed by atoms with E-state index in [1.165, 1.54) is 19.9 Å². The molecular formula is C43H76N2O32. The molecule has 77 heavy (non-hydrogen) atoms. The van der Waals surface area contributed by atoms with Crippen molar-refractivity contribution in [3.63, 3.8) is 0 Å². The van der Waals surface area contributed by atoms with E-state index in [2.05, 4.69) is 5.32 Å². The van der Waals surface area contributed by atoms with Crippen LogP contribution in [-0.2, 0) is 47.4 Å². The molecule has 1 aliphatic carbocycles. The molecule has 0 aromatic carbocycles. The zero-order valence-electron chi connectivity index (χ0n) is 41.2. The van der Waals surface area contributed by atoms with Crippen molar-refractivity contribution in [2.24, 2.45) is 5.73 Å². The minimum Gasteiger partial charge on any atom is -0.394 e. The van der Waals surface area contributed by atoms with Gasteiger partial charge < -0.3 is 171 Å². The maximum absolute atomic E-state index is 10.9. The van der Waals surface area contributed by atoms with Crippen LogP contribution in [0.25, 0.3) is 0 Å². The molecule has 6 saturated heterocycles. The highest BCUT2D eigenvalue weighted by Gasteiger charge is 2.56. The van der Waals surface area contributed by atoms with Gasteiger partial charge in [0.05, 0.1) is 63.4 Å². The molecule has 6 heterocycles. The molecule has 34 nitrogen and oxygen atoms in total. The van der Waals surface area contributed by atoms with E-state index < -0.39 is 241 Å². The first-order valence-corrected chi connectivity index (χ1v) is 24.6. The molecule has 34 heteroatoms. The topological polar surface area (TPSA) is 575 Å². The zero-order chi connectivity index (χ0) is 57.2. The van der Waals surface area contributed by atoms with Crippen LogP contribution in [0.2, 0.25) is 0 Å². The van der Waals surface area contributed by atoms with Crippen molar-refractivity contribution >= 4 is 0 Å². The number of rotatable bonds is 15. The van der Waals surface area contributed by atoms with Gasteiger partial charge in [0, 0.05) is 0 Å². The summed E-state index contributed by atoms with van der Waals surface area (Å²) < 4.78 is 54.2. The summed E-state index contributed by atoms with van der Waals surface area (Å²) in [6.07, 6.45) is -48.0. The van der Waals surface area contributed by atoms with Gasteiger partial charge >= 0.3 is 0 Å². The van der Waals surface area contributed by atoms with Crippen molar-refractivity contribution in [2.45, 2.75) is 222 Å². The van der Waals surface area contributed by atoms with Gasteiger partial charge in [-0.2, -0.15) is 0 Å². The van der Waals surface area contributed by atoms with Gasteiger partial charge in [-0.05, 0) is 19.4 Å². The fourth-order valence-electron chi connectivity index (χ4n) is 9.85. The third-order valence-corrected chi connectivity index (χ3v) is 14.6. The van der Waals surface area contributed by atoms with Crippen LogP contribution < -0.4 is 11.1 Å². The Balaban J connectivity index is 0.000000260. The van der Waals surface area contributed by atoms with E-state index in [1.807, 2.05) is 0 Å². The van der Waals surface area contributed by atoms with Crippen LogP contribution in [0.4, 0.5) is 0 Å². The van der Waals surface area contributed by atoms with Gasteiger partial charge in [-0.25, -0.2) is 0 Å². The lowest BCUT2D eigenvalue weighted by atomic mass is 9.86. The fourth-order valence-corrected chi connectivity index (χ4v) is 9.85. The van der Waals surface area contributed by atoms with Crippen LogP contribution in [0, 0.1) is 0 Å². The molecule has 0 spiro atoms. The first-order valence-electron chi connectivity index (χ1n) is 24.6. The third-order valence-electron chi connectivity index (χ3n) is 14.6. The Morgan fingerprint density at radius 3 is 1.13 bits per heavy atom. The predicted octanol–water partition coefficient (Wildman–Crippen LogP) is -15.1. The van der Waals surface area contributed by atoms with Crippen molar-refractivity contribution in [3.8, 4) is 0 Å². The maximum Gasteiger partial charge on any atom is 0.187 e. The Bertz CT molecular complexity index is 1830. The van der Waals surface area contributed by atoms with E-state index in [0.717, 1.165) is 0 Å². The van der Waals surface area contributed by atoms with Crippen molar-refractivity contribution in [1.29, 1.82) is 0 Å². The number of nitrogens with two attached hydrogens (primary N) is 1. The molecule has 6 fully saturated rings. The average Bonchev–Trinajstić information content (AvgIpc) is 3.42. The minimum absolute atomic E-state index is 0.0225. The molecule has 34 atom stereocenters. The van der Waals surface area contributed by atoms with E-state index in [0.29, 0.717) is 0 Å². The SMILES string of the molecule is CC1O[C@@H](O[C@H]2C(CO)O[C@@H](O[C@H]3C(CO)OC(O)C(O)[C@@H]3O)C(O)[C@@H]2O)C(O)[C@H](O)[C@@H]1N.CC1O[C@@H](O[C@H]2C(CO)O[C@@H](O[C@H]3C(CO)OC(O)C(O)[C@@H]3O)C(O)[C@@H]2O)C(O)[C@H](O)[C@H]1N[C@@H]1C=C(CO)[C@H](O)[C@@H](O)C1O. The molecule has 0 saturated carbocycles. The zero-order valence-corrected chi connectivity index (χ0v) is 41.2. The minimum atomic E-state index is -1.93. The summed E-state index contributed by atoms with van der Waals surface area (Å²) in [7, 11) is 0. The largest absolute Gasteiger partial charge is 0.394 e. The summed E-state index contributed by atoms with van der Waals surface area (Å²) in [6, 6.07) is -3.07. The van der Waals surface area contributed by atoms with Crippen LogP contribution in [-0.4, -0.2) is 354 Å². The van der Waals surface area contributed by atoms with Gasteiger partial charge in [0.25, 0.3) is 0 Å². The first-order chi connectivity index (χ1) is 36.3. The molecule has 25 N–H and O–H groups in total. The monoisotopic (exact) mass is 1130 g/mol. The smallest absolute Gasteiger partial charge is 0.187 e. The molecule has 0 aromatic rings. The lowest BCUT2D eigenvalue weighted by Crippen LogP contribution is -2.68. The van der Waals surface area contributed by atoms with Crippen molar-refractivity contribution in [2.75, 3.05) is 33.0 Å². The second-order valence-corrected chi connectivity index (χ2v) is 19.8. The highest BCUT2D eigenvalue weighted by Crippen LogP contribution is 2.35. The lowest BCUT2D eigenvalue weighted by molar-refractivity contribution is -0.373. The second-order valence-electron chi connectivity index (χ2n) is 19.8. The molecule has 15 unspecified atom stereocenters. The van der Waals surface area contributed by atoms with E-state index in [-0.39, 0.29) is 5.57 Å². The van der Waals surface area contributed by atoms with Gasteiger partial charge in [0.2, 0.25) is 0 Å². The highest BCUT2D eigenvalue weighted by atomic mass is 16.8. The Kier molecular flexibility index (Phi) is 23.2. The molecule has 0 aromatic heterocycles. The standard InChI is InChI=1S/C25H43NO18.C18H33NO14/c1-6-11(26-8-2-7(3-27)12(30)15(33)13(8)31)14(32)19(37)24(40-6)43-22-10(5-29)42-25(20(38)17(22)35)44-21-9(4-28)41-23(39)18(36)16(21)34;1-4-7(19)8(22)12(26)17(29-4)32-15-6(3-21)31-18(13(27)10(15)24)33-14-5(2-20)30-16(28)11(25)9(14)23/h2,6,8-39H,3-5H2,1H3;4-18,20-28H,2-3,19H2,1H3/t6?,8-,9?,10?,11+,12+,13?,14-,15-,16+,17+,18?,19?,20?,21+,22+,23?,24+,25+;4?,5?,6?,7-,8-,9+,10+,11?,12?,13?,14+,15+,16?,17+,18+/m11/s1. The van der Waals surface area contributed by atoms with Gasteiger partial charge in [-0.1, -0.05) is 6.08 Å². The number of aliphatic hydroxyl groups excluding tert-OH is 22. The van der Waals surface area contributed by atoms with Crippen LogP contribution in [0.15, 0.2) is 11.6 Å². The first kappa shape index (κ1) is 64.5. The highest BCUT2D eigenvalue weighted by molar-refractivity contribution is 5.22. The van der Waals surface area contributed by atoms with Gasteiger partial charge in [0.15, 0.2) is 37.7 Å². The molecule has 7 aliphatic rings. The number of ether oxygens (including phenoxy) is 10. The maximum atomic E-state index is 10.9. The van der Waals surface area contributed by atoms with E-state index in [4.69, 9.17) is 53.1 Å². The van der Waals surface area contributed by atoms with E-state index in [1.54, 1.807) is 0 Å². The van der Waals surface area contributed by atoms with Crippen molar-refractivity contribution in [1.82, 2.24) is 5.32 Å². The predicted molar refractivity (Wildman–Crippen MR) is 240 cm³/mol. The van der Waals surface area contributed by atoms with Gasteiger partial charge in [0.1, 0.15) is 140 Å². The summed E-state index contributed by atoms with van der Waals surface area (Å²) in [5, 5.41) is 226. The Morgan fingerprint density at radius 1 is 0.403 bits per heavy atom. The molecule has 450 valence electrons. The second kappa shape index (κ2) is 27.6. The number of nitrogens with one attached hydrogen (secondary N) is 1. The van der Waals surface area contributed by atoms with E-state index >= 15 is 0 Å². The molecule has 0 amide bonds. The molecule has 7 rings (SSSR count). The normalized spacial score (nSPS) is 52.8. The Labute approximate surface area is 437 Å². The molecule has 6 aliphatic heterocycles. The number of aliphatic hydroxyl groups is 22. The lowest BCUT2D eigenvalue weighted by Gasteiger charge is -2.48. The third kappa shape index (κ3) is 13.7. The van der Waals surface area contributed by atoms with Crippen molar-refractivity contribution in [3.05, 3.63) is 11.6 Å². The van der Waals surface area contributed by atoms with Crippen LogP contribution in [0.3, 0.4) is 0 Å². The summed E-state index contributed by atoms with van der Waals surface area (Å²) in [5.41, 5.74) is 5.75. The molecular weight excluding hydrogens is 1060 g/mol. The number of hydrogen-bond acceptors (Lipinski definition) is 34. The Morgan fingerprint density at radius 2 is 0.740 bits per heavy atom. The van der Waals surface area contributed by atoms with Crippen LogP contribution in [0.5, 0.6) is 0 Å². The van der Waals surface area contributed by atoms with Gasteiger partial charge in [-0.3, -0.25) is 0 Å². The van der Waals surface area contributed by atoms with Gasteiger partial charge in [-0.15, -0.1) is 0 Å². The van der Waals surface area contributed by atoms with E-state index in [9.17, 15) is 112 Å².